The molecule has 1 aliphatic rings. The fourth-order valence-corrected chi connectivity index (χ4v) is 2.92. The molecule has 1 aromatic heterocycles. The second-order valence-corrected chi connectivity index (χ2v) is 5.24. The van der Waals surface area contributed by atoms with Crippen LogP contribution in [-0.4, -0.2) is 4.98 Å². The van der Waals surface area contributed by atoms with Crippen molar-refractivity contribution in [3.63, 3.8) is 0 Å². The lowest BCUT2D eigenvalue weighted by Crippen LogP contribution is -2.35. The number of pyridine rings is 1. The van der Waals surface area contributed by atoms with Crippen molar-refractivity contribution in [2.45, 2.75) is 32.4 Å². The highest BCUT2D eigenvalue weighted by Crippen LogP contribution is 2.40. The van der Waals surface area contributed by atoms with Crippen molar-refractivity contribution in [3.8, 4) is 0 Å². The van der Waals surface area contributed by atoms with E-state index in [1.54, 1.807) is 0 Å². The minimum atomic E-state index is -0.128. The van der Waals surface area contributed by atoms with Crippen LogP contribution in [0.1, 0.15) is 42.4 Å². The quantitative estimate of drug-likeness (QED) is 0.824. The largest absolute Gasteiger partial charge is 0.296 e. The van der Waals surface area contributed by atoms with Gasteiger partial charge in [-0.05, 0) is 38.0 Å². The van der Waals surface area contributed by atoms with E-state index in [2.05, 4.69) is 61.6 Å². The highest BCUT2D eigenvalue weighted by molar-refractivity contribution is 5.45. The predicted molar refractivity (Wildman–Crippen MR) is 73.4 cm³/mol. The van der Waals surface area contributed by atoms with Gasteiger partial charge < -0.3 is 0 Å². The van der Waals surface area contributed by atoms with Crippen LogP contribution in [0.2, 0.25) is 0 Å². The average molecular weight is 238 g/mol. The summed E-state index contributed by atoms with van der Waals surface area (Å²) in [5.41, 5.74) is 4.73. The van der Waals surface area contributed by atoms with Crippen LogP contribution in [0.3, 0.4) is 0 Å². The minimum Gasteiger partial charge on any atom is -0.296 e. The number of hydrogen-bond acceptors (Lipinski definition) is 2. The zero-order valence-electron chi connectivity index (χ0n) is 11.1. The molecule has 0 aliphatic carbocycles. The van der Waals surface area contributed by atoms with Crippen LogP contribution in [0.5, 0.6) is 0 Å². The summed E-state index contributed by atoms with van der Waals surface area (Å²) in [6.45, 7) is 6.46. The zero-order valence-corrected chi connectivity index (χ0v) is 11.1. The third-order valence-electron chi connectivity index (χ3n) is 3.87. The van der Waals surface area contributed by atoms with E-state index in [-0.39, 0.29) is 5.54 Å². The Morgan fingerprint density at radius 1 is 1.11 bits per heavy atom. The molecule has 2 heteroatoms. The van der Waals surface area contributed by atoms with Crippen LogP contribution >= 0.6 is 0 Å². The molecular formula is C16H18N2. The average Bonchev–Trinajstić information content (AvgIpc) is 2.63. The van der Waals surface area contributed by atoms with Gasteiger partial charge in [0.2, 0.25) is 0 Å². The van der Waals surface area contributed by atoms with Gasteiger partial charge in [0, 0.05) is 11.7 Å². The minimum absolute atomic E-state index is 0.128. The Morgan fingerprint density at radius 2 is 1.83 bits per heavy atom. The topological polar surface area (TPSA) is 24.9 Å². The lowest BCUT2D eigenvalue weighted by atomic mass is 9.86. The lowest BCUT2D eigenvalue weighted by molar-refractivity contribution is 0.435. The Hall–Kier alpha value is -1.67. The molecular weight excluding hydrogens is 220 g/mol. The van der Waals surface area contributed by atoms with E-state index in [1.165, 1.54) is 16.8 Å². The highest BCUT2D eigenvalue weighted by atomic mass is 15.1. The fraction of sp³-hybridized carbons (Fsp3) is 0.312. The van der Waals surface area contributed by atoms with Crippen molar-refractivity contribution in [1.82, 2.24) is 10.3 Å². The third-order valence-corrected chi connectivity index (χ3v) is 3.87. The molecule has 0 spiro atoms. The number of hydrogen-bond donors (Lipinski definition) is 1. The molecule has 0 bridgehead atoms. The highest BCUT2D eigenvalue weighted by Gasteiger charge is 2.39. The van der Waals surface area contributed by atoms with Crippen molar-refractivity contribution in [1.29, 1.82) is 0 Å². The number of aromatic nitrogens is 1. The molecule has 18 heavy (non-hydrogen) atoms. The molecule has 0 amide bonds. The van der Waals surface area contributed by atoms with Crippen LogP contribution in [-0.2, 0) is 5.54 Å². The molecule has 1 aromatic carbocycles. The molecule has 1 N–H and O–H groups in total. The Kier molecular flexibility index (Phi) is 2.49. The van der Waals surface area contributed by atoms with Gasteiger partial charge in [-0.2, -0.15) is 0 Å². The van der Waals surface area contributed by atoms with E-state index in [1.807, 2.05) is 6.92 Å². The molecule has 2 nitrogen and oxygen atoms in total. The Balaban J connectivity index is 2.18. The first kappa shape index (κ1) is 11.4. The SMILES string of the molecule is Cc1ccc2c(n1)C(C)NC2(C)c1ccccc1. The Labute approximate surface area is 108 Å². The van der Waals surface area contributed by atoms with Gasteiger partial charge in [-0.25, -0.2) is 0 Å². The van der Waals surface area contributed by atoms with Gasteiger partial charge in [0.05, 0.1) is 11.2 Å². The van der Waals surface area contributed by atoms with Crippen LogP contribution in [0.15, 0.2) is 42.5 Å². The van der Waals surface area contributed by atoms with Gasteiger partial charge in [-0.1, -0.05) is 36.4 Å². The van der Waals surface area contributed by atoms with Gasteiger partial charge in [0.15, 0.2) is 0 Å². The summed E-state index contributed by atoms with van der Waals surface area (Å²) in [4.78, 5) is 4.69. The lowest BCUT2D eigenvalue weighted by Gasteiger charge is -2.27. The molecule has 0 saturated heterocycles. The fourth-order valence-electron chi connectivity index (χ4n) is 2.92. The van der Waals surface area contributed by atoms with Crippen molar-refractivity contribution >= 4 is 0 Å². The summed E-state index contributed by atoms with van der Waals surface area (Å²) in [6, 6.07) is 15.2. The van der Waals surface area contributed by atoms with Crippen molar-refractivity contribution < 1.29 is 0 Å². The maximum absolute atomic E-state index is 4.69. The first-order chi connectivity index (χ1) is 8.61. The molecule has 92 valence electrons. The van der Waals surface area contributed by atoms with Crippen molar-refractivity contribution in [2.75, 3.05) is 0 Å². The monoisotopic (exact) mass is 238 g/mol. The number of nitrogens with zero attached hydrogens (tertiary/aromatic N) is 1. The molecule has 0 fully saturated rings. The van der Waals surface area contributed by atoms with E-state index in [9.17, 15) is 0 Å². The van der Waals surface area contributed by atoms with E-state index >= 15 is 0 Å². The van der Waals surface area contributed by atoms with Crippen LogP contribution in [0.25, 0.3) is 0 Å². The van der Waals surface area contributed by atoms with E-state index in [0.29, 0.717) is 6.04 Å². The number of fused-ring (bicyclic) bond motifs is 1. The number of aryl methyl sites for hydroxylation is 1. The number of benzene rings is 1. The molecule has 2 heterocycles. The van der Waals surface area contributed by atoms with Crippen LogP contribution in [0, 0.1) is 6.92 Å². The second-order valence-electron chi connectivity index (χ2n) is 5.24. The van der Waals surface area contributed by atoms with E-state index in [0.717, 1.165) is 5.69 Å². The second kappa shape index (κ2) is 3.92. The van der Waals surface area contributed by atoms with Gasteiger partial charge in [-0.3, -0.25) is 10.3 Å². The van der Waals surface area contributed by atoms with E-state index in [4.69, 9.17) is 4.98 Å². The molecule has 3 rings (SSSR count). The maximum atomic E-state index is 4.69. The summed E-state index contributed by atoms with van der Waals surface area (Å²) in [5.74, 6) is 0. The van der Waals surface area contributed by atoms with Gasteiger partial charge in [0.25, 0.3) is 0 Å². The van der Waals surface area contributed by atoms with Gasteiger partial charge in [-0.15, -0.1) is 0 Å². The molecule has 0 radical (unpaired) electrons. The normalized spacial score (nSPS) is 26.1. The first-order valence-electron chi connectivity index (χ1n) is 6.42. The van der Waals surface area contributed by atoms with Crippen LogP contribution < -0.4 is 5.32 Å². The molecule has 1 aliphatic heterocycles. The summed E-state index contributed by atoms with van der Waals surface area (Å²) < 4.78 is 0. The molecule has 2 aromatic rings. The summed E-state index contributed by atoms with van der Waals surface area (Å²) in [7, 11) is 0. The number of rotatable bonds is 1. The third kappa shape index (κ3) is 1.57. The Morgan fingerprint density at radius 3 is 2.56 bits per heavy atom. The van der Waals surface area contributed by atoms with Crippen molar-refractivity contribution in [2.24, 2.45) is 0 Å². The van der Waals surface area contributed by atoms with E-state index < -0.39 is 0 Å². The zero-order chi connectivity index (χ0) is 12.8. The summed E-state index contributed by atoms with van der Waals surface area (Å²) >= 11 is 0. The maximum Gasteiger partial charge on any atom is 0.0685 e. The summed E-state index contributed by atoms with van der Waals surface area (Å²) in [5, 5.41) is 3.68. The Bertz CT molecular complexity index is 577. The predicted octanol–water partition coefficient (Wildman–Crippen LogP) is 3.32. The van der Waals surface area contributed by atoms with Gasteiger partial charge >= 0.3 is 0 Å². The smallest absolute Gasteiger partial charge is 0.0685 e. The van der Waals surface area contributed by atoms with Gasteiger partial charge in [0.1, 0.15) is 0 Å². The molecule has 2 unspecified atom stereocenters. The molecule has 2 atom stereocenters. The van der Waals surface area contributed by atoms with Crippen molar-refractivity contribution in [3.05, 3.63) is 65.0 Å². The summed E-state index contributed by atoms with van der Waals surface area (Å²) in [6.07, 6.45) is 0. The first-order valence-corrected chi connectivity index (χ1v) is 6.42. The number of nitrogens with one attached hydrogen (secondary N) is 1. The standard InChI is InChI=1S/C16H18N2/c1-11-9-10-14-15(17-11)12(2)18-16(14,3)13-7-5-4-6-8-13/h4-10,12,18H,1-3H3. The van der Waals surface area contributed by atoms with Crippen LogP contribution in [0.4, 0.5) is 0 Å². The molecule has 0 saturated carbocycles.